The lowest BCUT2D eigenvalue weighted by molar-refractivity contribution is -0.268. The molecule has 1 aromatic carbocycles. The first-order valence-electron chi connectivity index (χ1n) is 6.62. The van der Waals surface area contributed by atoms with Crippen LogP contribution in [0, 0.1) is 0 Å². The molecule has 0 amide bonds. The third-order valence-electron chi connectivity index (χ3n) is 3.10. The second kappa shape index (κ2) is 7.53. The molecule has 11 heteroatoms. The van der Waals surface area contributed by atoms with E-state index in [0.29, 0.717) is 5.56 Å². The first-order chi connectivity index (χ1) is 10.8. The fraction of sp³-hybridized carbons (Fsp3) is 0.462. The van der Waals surface area contributed by atoms with Gasteiger partial charge in [-0.15, -0.1) is 0 Å². The molecule has 0 saturated heterocycles. The summed E-state index contributed by atoms with van der Waals surface area (Å²) in [6, 6.07) is 6.55. The van der Waals surface area contributed by atoms with Gasteiger partial charge in [0.2, 0.25) is 5.78 Å². The minimum atomic E-state index is -5.98. The Morgan fingerprint density at radius 3 is 2.12 bits per heavy atom. The van der Waals surface area contributed by atoms with Gasteiger partial charge in [-0.05, 0) is 18.4 Å². The number of alkyl halides is 5. The van der Waals surface area contributed by atoms with E-state index >= 15 is 0 Å². The fourth-order valence-corrected chi connectivity index (χ4v) is 2.55. The van der Waals surface area contributed by atoms with Crippen molar-refractivity contribution >= 4 is 16.1 Å². The minimum absolute atomic E-state index is 0.260. The fourth-order valence-electron chi connectivity index (χ4n) is 1.94. The molecule has 1 aromatic rings. The second-order valence-corrected chi connectivity index (χ2v) is 6.13. The van der Waals surface area contributed by atoms with Gasteiger partial charge in [-0.1, -0.05) is 30.3 Å². The second-order valence-electron chi connectivity index (χ2n) is 4.94. The quantitative estimate of drug-likeness (QED) is 0.540. The van der Waals surface area contributed by atoms with Crippen LogP contribution in [-0.4, -0.2) is 30.9 Å². The monoisotopic (exact) mass is 375 g/mol. The Morgan fingerprint density at radius 2 is 1.67 bits per heavy atom. The van der Waals surface area contributed by atoms with Crippen LogP contribution in [0.1, 0.15) is 30.9 Å². The highest BCUT2D eigenvalue weighted by Crippen LogP contribution is 2.37. The molecule has 0 fully saturated rings. The number of nitrogens with one attached hydrogen (secondary N) is 1. The maximum Gasteiger partial charge on any atom is 0.461 e. The molecule has 0 radical (unpaired) electrons. The van der Waals surface area contributed by atoms with Crippen LogP contribution >= 0.6 is 0 Å². The van der Waals surface area contributed by atoms with Crippen molar-refractivity contribution in [3.63, 3.8) is 0 Å². The summed E-state index contributed by atoms with van der Waals surface area (Å²) < 4.78 is 94.3. The SMILES string of the molecule is O=C(CCCC(NS(=O)(=O)O)c1ccccc1)C(F)(F)C(F)(F)F. The Balaban J connectivity index is 2.75. The standard InChI is InChI=1S/C13H14F5NO4S/c14-12(15,13(16,17)18)11(20)8-4-7-10(19-24(21,22)23)9-5-2-1-3-6-9/h1-3,5-6,10,19H,4,7-8H2,(H,21,22,23). The summed E-state index contributed by atoms with van der Waals surface area (Å²) in [4.78, 5) is 11.1. The number of halogens is 5. The highest BCUT2D eigenvalue weighted by Gasteiger charge is 2.62. The molecule has 1 unspecified atom stereocenters. The van der Waals surface area contributed by atoms with Gasteiger partial charge in [0.05, 0.1) is 0 Å². The zero-order valence-electron chi connectivity index (χ0n) is 12.1. The molecular formula is C13H14F5NO4S. The van der Waals surface area contributed by atoms with Gasteiger partial charge in [0.25, 0.3) is 0 Å². The average molecular weight is 375 g/mol. The van der Waals surface area contributed by atoms with Gasteiger partial charge >= 0.3 is 22.4 Å². The predicted octanol–water partition coefficient (Wildman–Crippen LogP) is 3.06. The molecule has 0 aliphatic carbocycles. The van der Waals surface area contributed by atoms with E-state index in [9.17, 15) is 35.2 Å². The van der Waals surface area contributed by atoms with Gasteiger partial charge in [-0.2, -0.15) is 35.1 Å². The van der Waals surface area contributed by atoms with E-state index in [1.807, 2.05) is 4.72 Å². The third kappa shape index (κ3) is 5.80. The van der Waals surface area contributed by atoms with Gasteiger partial charge in [0.15, 0.2) is 0 Å². The summed E-state index contributed by atoms with van der Waals surface area (Å²) in [5, 5.41) is 0. The first kappa shape index (κ1) is 20.5. The van der Waals surface area contributed by atoms with Crippen molar-refractivity contribution in [2.45, 2.75) is 37.4 Å². The van der Waals surface area contributed by atoms with Crippen LogP contribution in [0.5, 0.6) is 0 Å². The molecule has 0 bridgehead atoms. The molecule has 0 spiro atoms. The molecule has 136 valence electrons. The summed E-state index contributed by atoms with van der Waals surface area (Å²) in [7, 11) is -4.64. The topological polar surface area (TPSA) is 83.5 Å². The number of benzene rings is 1. The van der Waals surface area contributed by atoms with Crippen molar-refractivity contribution in [3.05, 3.63) is 35.9 Å². The number of hydrogen-bond donors (Lipinski definition) is 2. The Hall–Kier alpha value is -1.59. The number of carbonyl (C=O) groups excluding carboxylic acids is 1. The zero-order chi connectivity index (χ0) is 18.6. The van der Waals surface area contributed by atoms with Crippen LogP contribution in [0.25, 0.3) is 0 Å². The van der Waals surface area contributed by atoms with E-state index < -0.39 is 47.1 Å². The van der Waals surface area contributed by atoms with Crippen molar-refractivity contribution in [1.29, 1.82) is 0 Å². The average Bonchev–Trinajstić information content (AvgIpc) is 2.44. The Morgan fingerprint density at radius 1 is 1.12 bits per heavy atom. The molecule has 24 heavy (non-hydrogen) atoms. The van der Waals surface area contributed by atoms with Crippen LogP contribution in [-0.2, 0) is 15.1 Å². The van der Waals surface area contributed by atoms with E-state index in [4.69, 9.17) is 4.55 Å². The van der Waals surface area contributed by atoms with E-state index in [1.54, 1.807) is 6.07 Å². The summed E-state index contributed by atoms with van der Waals surface area (Å²) in [5.41, 5.74) is 0.352. The smallest absolute Gasteiger partial charge is 0.293 e. The molecule has 0 aromatic heterocycles. The van der Waals surface area contributed by atoms with Crippen LogP contribution < -0.4 is 4.72 Å². The maximum atomic E-state index is 12.8. The van der Waals surface area contributed by atoms with Crippen LogP contribution in [0.2, 0.25) is 0 Å². The van der Waals surface area contributed by atoms with Gasteiger partial charge in [0, 0.05) is 12.5 Å². The van der Waals surface area contributed by atoms with E-state index in [1.165, 1.54) is 24.3 Å². The largest absolute Gasteiger partial charge is 0.461 e. The Labute approximate surface area is 134 Å². The third-order valence-corrected chi connectivity index (χ3v) is 3.68. The van der Waals surface area contributed by atoms with Crippen molar-refractivity contribution in [2.75, 3.05) is 0 Å². The summed E-state index contributed by atoms with van der Waals surface area (Å²) in [6.45, 7) is 0. The van der Waals surface area contributed by atoms with Gasteiger partial charge in [-0.25, -0.2) is 0 Å². The van der Waals surface area contributed by atoms with Crippen molar-refractivity contribution in [1.82, 2.24) is 4.72 Å². The summed E-state index contributed by atoms with van der Waals surface area (Å²) in [6.07, 6.45) is -7.77. The molecule has 0 saturated carbocycles. The number of carbonyl (C=O) groups is 1. The normalized spacial score (nSPS) is 14.4. The highest BCUT2D eigenvalue weighted by molar-refractivity contribution is 7.83. The molecule has 0 heterocycles. The van der Waals surface area contributed by atoms with Crippen molar-refractivity contribution in [2.24, 2.45) is 0 Å². The molecule has 5 nitrogen and oxygen atoms in total. The van der Waals surface area contributed by atoms with Crippen LogP contribution in [0.4, 0.5) is 22.0 Å². The van der Waals surface area contributed by atoms with Crippen LogP contribution in [0.15, 0.2) is 30.3 Å². The molecule has 2 N–H and O–H groups in total. The Bertz CT molecular complexity index is 661. The van der Waals surface area contributed by atoms with Crippen molar-refractivity contribution < 1.29 is 39.7 Å². The lowest BCUT2D eigenvalue weighted by Crippen LogP contribution is -2.44. The number of Topliss-reactive ketones (excluding diaryl/α,β-unsaturated/α-hetero) is 1. The minimum Gasteiger partial charge on any atom is -0.293 e. The lowest BCUT2D eigenvalue weighted by Gasteiger charge is -2.19. The molecule has 0 aliphatic heterocycles. The summed E-state index contributed by atoms with van der Waals surface area (Å²) >= 11 is 0. The molecule has 0 aliphatic rings. The highest BCUT2D eigenvalue weighted by atomic mass is 32.2. The lowest BCUT2D eigenvalue weighted by atomic mass is 9.99. The molecule has 1 atom stereocenters. The van der Waals surface area contributed by atoms with Crippen LogP contribution in [0.3, 0.4) is 0 Å². The zero-order valence-corrected chi connectivity index (χ0v) is 12.9. The number of hydrogen-bond acceptors (Lipinski definition) is 3. The van der Waals surface area contributed by atoms with Gasteiger partial charge < -0.3 is 0 Å². The van der Waals surface area contributed by atoms with E-state index in [2.05, 4.69) is 0 Å². The number of ketones is 1. The first-order valence-corrected chi connectivity index (χ1v) is 8.06. The van der Waals surface area contributed by atoms with E-state index in [-0.39, 0.29) is 6.42 Å². The van der Waals surface area contributed by atoms with E-state index in [0.717, 1.165) is 0 Å². The molecule has 1 rings (SSSR count). The van der Waals surface area contributed by atoms with Gasteiger partial charge in [-0.3, -0.25) is 9.35 Å². The maximum absolute atomic E-state index is 12.8. The van der Waals surface area contributed by atoms with Crippen molar-refractivity contribution in [3.8, 4) is 0 Å². The predicted molar refractivity (Wildman–Crippen MR) is 73.7 cm³/mol. The van der Waals surface area contributed by atoms with Gasteiger partial charge in [0.1, 0.15) is 0 Å². The number of rotatable bonds is 8. The Kier molecular flexibility index (Phi) is 6.42. The molecular weight excluding hydrogens is 361 g/mol. The summed E-state index contributed by atoms with van der Waals surface area (Å²) in [5.74, 6) is -7.75.